The molecule has 0 heterocycles. The van der Waals surface area contributed by atoms with E-state index in [1.54, 1.807) is 11.0 Å². The van der Waals surface area contributed by atoms with Crippen LogP contribution in [0.2, 0.25) is 0 Å². The van der Waals surface area contributed by atoms with Gasteiger partial charge in [0.15, 0.2) is 0 Å². The predicted molar refractivity (Wildman–Crippen MR) is 104 cm³/mol. The second kappa shape index (κ2) is 11.0. The highest BCUT2D eigenvalue weighted by atomic mass is 16.5. The van der Waals surface area contributed by atoms with Crippen molar-refractivity contribution in [1.29, 1.82) is 0 Å². The first kappa shape index (κ1) is 22.2. The third-order valence-corrected chi connectivity index (χ3v) is 4.25. The Balaban J connectivity index is 2.48. The van der Waals surface area contributed by atoms with Crippen LogP contribution in [0.4, 0.5) is 4.79 Å². The molecule has 0 aliphatic heterocycles. The molecule has 0 saturated heterocycles. The van der Waals surface area contributed by atoms with Crippen molar-refractivity contribution in [3.63, 3.8) is 0 Å². The van der Waals surface area contributed by atoms with Crippen LogP contribution in [0, 0.1) is 5.92 Å². The van der Waals surface area contributed by atoms with E-state index in [-0.39, 0.29) is 30.2 Å². The molecule has 1 aromatic rings. The number of rotatable bonds is 9. The molecule has 0 aliphatic carbocycles. The summed E-state index contributed by atoms with van der Waals surface area (Å²) in [5.41, 5.74) is 1.06. The van der Waals surface area contributed by atoms with Gasteiger partial charge in [-0.15, -0.1) is 0 Å². The van der Waals surface area contributed by atoms with Crippen molar-refractivity contribution in [2.24, 2.45) is 5.92 Å². The molecule has 5 nitrogen and oxygen atoms in total. The van der Waals surface area contributed by atoms with Gasteiger partial charge in [0.1, 0.15) is 0 Å². The Kier molecular flexibility index (Phi) is 9.38. The molecule has 1 rings (SSSR count). The minimum Gasteiger partial charge on any atom is -0.418 e. The van der Waals surface area contributed by atoms with Gasteiger partial charge in [-0.1, -0.05) is 37.3 Å². The fourth-order valence-corrected chi connectivity index (χ4v) is 2.74. The lowest BCUT2D eigenvalue weighted by Crippen LogP contribution is -2.41. The minimum atomic E-state index is -0.694. The zero-order chi connectivity index (χ0) is 19.7. The van der Waals surface area contributed by atoms with Crippen molar-refractivity contribution >= 4 is 6.09 Å². The molecule has 1 amide bonds. The lowest BCUT2D eigenvalue weighted by molar-refractivity contribution is -0.0490. The quantitative estimate of drug-likeness (QED) is 0.662. The second-order valence-corrected chi connectivity index (χ2v) is 7.16. The molecular formula is C21H33NO4. The molecule has 0 bridgehead atoms. The van der Waals surface area contributed by atoms with Crippen LogP contribution in [0.5, 0.6) is 0 Å². The first-order valence-electron chi connectivity index (χ1n) is 9.23. The van der Waals surface area contributed by atoms with Crippen molar-refractivity contribution in [2.45, 2.75) is 72.4 Å². The predicted octanol–water partition coefficient (Wildman–Crippen LogP) is 4.36. The average Bonchev–Trinajstić information content (AvgIpc) is 2.59. The van der Waals surface area contributed by atoms with Crippen LogP contribution in [0.25, 0.3) is 0 Å². The van der Waals surface area contributed by atoms with Gasteiger partial charge in [-0.05, 0) is 46.3 Å². The maximum Gasteiger partial charge on any atom is 0.415 e. The molecule has 3 atom stereocenters. The maximum absolute atomic E-state index is 12.1. The molecule has 0 radical (unpaired) electrons. The number of benzene rings is 1. The zero-order valence-electron chi connectivity index (χ0n) is 16.8. The van der Waals surface area contributed by atoms with Gasteiger partial charge in [-0.2, -0.15) is 0 Å². The van der Waals surface area contributed by atoms with E-state index < -0.39 is 6.10 Å². The lowest BCUT2D eigenvalue weighted by Gasteiger charge is -2.29. The van der Waals surface area contributed by atoms with Crippen LogP contribution >= 0.6 is 0 Å². The van der Waals surface area contributed by atoms with Crippen LogP contribution in [0.15, 0.2) is 42.7 Å². The zero-order valence-corrected chi connectivity index (χ0v) is 16.8. The molecule has 0 aromatic heterocycles. The Morgan fingerprint density at radius 3 is 2.19 bits per heavy atom. The number of carbonyl (C=O) groups excluding carboxylic acids is 1. The van der Waals surface area contributed by atoms with Crippen LogP contribution in [0.1, 0.15) is 47.1 Å². The lowest BCUT2D eigenvalue weighted by atomic mass is 10.0. The molecule has 0 unspecified atom stereocenters. The monoisotopic (exact) mass is 363 g/mol. The Hall–Kier alpha value is -1.85. The van der Waals surface area contributed by atoms with Crippen molar-refractivity contribution in [3.05, 3.63) is 48.2 Å². The summed E-state index contributed by atoms with van der Waals surface area (Å²) in [6.07, 6.45) is 1.62. The Bertz CT molecular complexity index is 548. The largest absolute Gasteiger partial charge is 0.418 e. The summed E-state index contributed by atoms with van der Waals surface area (Å²) in [6.45, 7) is 11.9. The first-order valence-corrected chi connectivity index (χ1v) is 9.23. The molecule has 26 heavy (non-hydrogen) atoms. The number of amides is 1. The van der Waals surface area contributed by atoms with Crippen LogP contribution in [-0.4, -0.2) is 40.4 Å². The number of carbonyl (C=O) groups is 1. The van der Waals surface area contributed by atoms with Gasteiger partial charge in [-0.25, -0.2) is 4.79 Å². The second-order valence-electron chi connectivity index (χ2n) is 7.16. The van der Waals surface area contributed by atoms with E-state index in [1.165, 1.54) is 6.26 Å². The smallest absolute Gasteiger partial charge is 0.415 e. The molecule has 5 heteroatoms. The Labute approximate surface area is 157 Å². The summed E-state index contributed by atoms with van der Waals surface area (Å²) in [7, 11) is 0. The number of nitrogens with zero attached hydrogens (tertiary/aromatic N) is 1. The fourth-order valence-electron chi connectivity index (χ4n) is 2.74. The third-order valence-electron chi connectivity index (χ3n) is 4.25. The Morgan fingerprint density at radius 2 is 1.65 bits per heavy atom. The number of hydrogen-bond donors (Lipinski definition) is 1. The van der Waals surface area contributed by atoms with Crippen LogP contribution in [0.3, 0.4) is 0 Å². The van der Waals surface area contributed by atoms with Crippen molar-refractivity contribution in [1.82, 2.24) is 4.90 Å². The molecular weight excluding hydrogens is 330 g/mol. The highest BCUT2D eigenvalue weighted by molar-refractivity contribution is 5.68. The SMILES string of the molecule is CC(C)N(C(=O)O/C=C/[C@H](C)[C@H](O)[C@@H](C)OCc1ccccc1)C(C)C. The van der Waals surface area contributed by atoms with E-state index in [2.05, 4.69) is 0 Å². The summed E-state index contributed by atoms with van der Waals surface area (Å²) >= 11 is 0. The van der Waals surface area contributed by atoms with Crippen LogP contribution in [-0.2, 0) is 16.1 Å². The molecule has 0 fully saturated rings. The molecule has 0 spiro atoms. The average molecular weight is 363 g/mol. The van der Waals surface area contributed by atoms with Gasteiger partial charge in [0.2, 0.25) is 0 Å². The summed E-state index contributed by atoms with van der Waals surface area (Å²) < 4.78 is 11.0. The van der Waals surface area contributed by atoms with Crippen molar-refractivity contribution < 1.29 is 19.4 Å². The molecule has 1 N–H and O–H groups in total. The van der Waals surface area contributed by atoms with Gasteiger partial charge in [-0.3, -0.25) is 0 Å². The third kappa shape index (κ3) is 7.18. The summed E-state index contributed by atoms with van der Waals surface area (Å²) in [5.74, 6) is -0.208. The van der Waals surface area contributed by atoms with Gasteiger partial charge >= 0.3 is 6.09 Å². The number of hydrogen-bond acceptors (Lipinski definition) is 4. The standard InChI is InChI=1S/C21H33NO4/c1-15(2)22(16(3)4)21(24)25-13-12-17(5)20(23)18(6)26-14-19-10-8-7-9-11-19/h7-13,15-18,20,23H,14H2,1-6H3/b13-12+/t17-,18+,20-/m0/s1. The van der Waals surface area contributed by atoms with Crippen molar-refractivity contribution in [2.75, 3.05) is 0 Å². The van der Waals surface area contributed by atoms with E-state index >= 15 is 0 Å². The van der Waals surface area contributed by atoms with Gasteiger partial charge in [0, 0.05) is 18.0 Å². The first-order chi connectivity index (χ1) is 12.2. The highest BCUT2D eigenvalue weighted by Crippen LogP contribution is 2.14. The van der Waals surface area contributed by atoms with E-state index in [9.17, 15) is 9.90 Å². The van der Waals surface area contributed by atoms with E-state index in [4.69, 9.17) is 9.47 Å². The minimum absolute atomic E-state index is 0.0605. The molecule has 0 aliphatic rings. The summed E-state index contributed by atoms with van der Waals surface area (Å²) in [6, 6.07) is 9.95. The molecule has 0 saturated carbocycles. The molecule has 146 valence electrons. The Morgan fingerprint density at radius 1 is 1.08 bits per heavy atom. The highest BCUT2D eigenvalue weighted by Gasteiger charge is 2.22. The fraction of sp³-hybridized carbons (Fsp3) is 0.571. The van der Waals surface area contributed by atoms with E-state index in [0.717, 1.165) is 5.56 Å². The van der Waals surface area contributed by atoms with Gasteiger partial charge in [0.05, 0.1) is 25.1 Å². The number of aliphatic hydroxyl groups excluding tert-OH is 1. The number of aliphatic hydroxyl groups is 1. The molecule has 1 aromatic carbocycles. The maximum atomic E-state index is 12.1. The van der Waals surface area contributed by atoms with Gasteiger partial charge in [0.25, 0.3) is 0 Å². The van der Waals surface area contributed by atoms with Crippen LogP contribution < -0.4 is 0 Å². The normalized spacial score (nSPS) is 15.3. The summed E-state index contributed by atoms with van der Waals surface area (Å²) in [5, 5.41) is 10.4. The van der Waals surface area contributed by atoms with Crippen molar-refractivity contribution in [3.8, 4) is 0 Å². The summed E-state index contributed by atoms with van der Waals surface area (Å²) in [4.78, 5) is 13.8. The number of ether oxygens (including phenoxy) is 2. The van der Waals surface area contributed by atoms with Gasteiger partial charge < -0.3 is 19.5 Å². The topological polar surface area (TPSA) is 59.0 Å². The van der Waals surface area contributed by atoms with E-state index in [0.29, 0.717) is 6.61 Å². The van der Waals surface area contributed by atoms with E-state index in [1.807, 2.05) is 71.9 Å².